The highest BCUT2D eigenvalue weighted by molar-refractivity contribution is 6.42. The summed E-state index contributed by atoms with van der Waals surface area (Å²) < 4.78 is 12.5. The van der Waals surface area contributed by atoms with Crippen molar-refractivity contribution in [3.8, 4) is 5.75 Å². The topological polar surface area (TPSA) is 53.4 Å². The molecule has 0 aliphatic heterocycles. The number of ether oxygens (including phenoxy) is 2. The average molecular weight is 357 g/mol. The van der Waals surface area contributed by atoms with E-state index in [0.717, 1.165) is 13.0 Å². The SMILES string of the molecule is O=C(CCCOc1cccc(Cl)c1Cl)OCCCn1cccn1. The number of nitrogens with zero attached hydrogens (tertiary/aromatic N) is 2. The van der Waals surface area contributed by atoms with Crippen LogP contribution < -0.4 is 4.74 Å². The van der Waals surface area contributed by atoms with Gasteiger partial charge in [-0.2, -0.15) is 5.10 Å². The third kappa shape index (κ3) is 6.12. The molecule has 0 N–H and O–H groups in total. The van der Waals surface area contributed by atoms with E-state index >= 15 is 0 Å². The van der Waals surface area contributed by atoms with Crippen LogP contribution >= 0.6 is 23.2 Å². The van der Waals surface area contributed by atoms with E-state index in [0.29, 0.717) is 41.9 Å². The van der Waals surface area contributed by atoms with E-state index < -0.39 is 0 Å². The highest BCUT2D eigenvalue weighted by atomic mass is 35.5. The van der Waals surface area contributed by atoms with Crippen LogP contribution in [-0.2, 0) is 16.1 Å². The molecule has 124 valence electrons. The van der Waals surface area contributed by atoms with Crippen LogP contribution in [0.5, 0.6) is 5.75 Å². The summed E-state index contributed by atoms with van der Waals surface area (Å²) in [6, 6.07) is 7.05. The number of aryl methyl sites for hydroxylation is 1. The highest BCUT2D eigenvalue weighted by Gasteiger charge is 2.07. The fraction of sp³-hybridized carbons (Fsp3) is 0.375. The van der Waals surface area contributed by atoms with Gasteiger partial charge in [0, 0.05) is 31.8 Å². The minimum Gasteiger partial charge on any atom is -0.492 e. The van der Waals surface area contributed by atoms with E-state index in [9.17, 15) is 4.79 Å². The van der Waals surface area contributed by atoms with Crippen molar-refractivity contribution in [1.29, 1.82) is 0 Å². The van der Waals surface area contributed by atoms with Gasteiger partial charge >= 0.3 is 5.97 Å². The second-order valence-electron chi connectivity index (χ2n) is 4.85. The van der Waals surface area contributed by atoms with Gasteiger partial charge in [-0.05, 0) is 24.6 Å². The molecule has 0 spiro atoms. The maximum absolute atomic E-state index is 11.6. The van der Waals surface area contributed by atoms with Crippen molar-refractivity contribution in [3.05, 3.63) is 46.7 Å². The molecule has 0 saturated heterocycles. The van der Waals surface area contributed by atoms with Gasteiger partial charge in [-0.3, -0.25) is 9.48 Å². The van der Waals surface area contributed by atoms with E-state index in [-0.39, 0.29) is 5.97 Å². The van der Waals surface area contributed by atoms with Gasteiger partial charge in [0.05, 0.1) is 18.2 Å². The van der Waals surface area contributed by atoms with Gasteiger partial charge in [0.2, 0.25) is 0 Å². The van der Waals surface area contributed by atoms with Crippen molar-refractivity contribution in [1.82, 2.24) is 9.78 Å². The van der Waals surface area contributed by atoms with Crippen molar-refractivity contribution in [2.24, 2.45) is 0 Å². The van der Waals surface area contributed by atoms with Gasteiger partial charge < -0.3 is 9.47 Å². The Morgan fingerprint density at radius 3 is 2.83 bits per heavy atom. The van der Waals surface area contributed by atoms with Gasteiger partial charge in [-0.25, -0.2) is 0 Å². The lowest BCUT2D eigenvalue weighted by molar-refractivity contribution is -0.144. The Kier molecular flexibility index (Phi) is 7.23. The summed E-state index contributed by atoms with van der Waals surface area (Å²) in [6.07, 6.45) is 5.20. The minimum atomic E-state index is -0.230. The second-order valence-corrected chi connectivity index (χ2v) is 5.63. The number of hydrogen-bond acceptors (Lipinski definition) is 4. The van der Waals surface area contributed by atoms with Gasteiger partial charge in [0.25, 0.3) is 0 Å². The quantitative estimate of drug-likeness (QED) is 0.503. The van der Waals surface area contributed by atoms with Crippen LogP contribution in [0.25, 0.3) is 0 Å². The molecule has 0 aliphatic rings. The number of esters is 1. The first-order valence-electron chi connectivity index (χ1n) is 7.36. The van der Waals surface area contributed by atoms with Gasteiger partial charge in [0.1, 0.15) is 10.8 Å². The van der Waals surface area contributed by atoms with E-state index in [1.807, 2.05) is 12.3 Å². The molecule has 1 aromatic carbocycles. The van der Waals surface area contributed by atoms with E-state index in [2.05, 4.69) is 5.10 Å². The fourth-order valence-corrected chi connectivity index (χ4v) is 2.26. The molecule has 7 heteroatoms. The molecule has 0 aliphatic carbocycles. The van der Waals surface area contributed by atoms with Gasteiger partial charge in [0.15, 0.2) is 0 Å². The Morgan fingerprint density at radius 2 is 2.04 bits per heavy atom. The number of hydrogen-bond donors (Lipinski definition) is 0. The molecule has 1 heterocycles. The first-order valence-corrected chi connectivity index (χ1v) is 8.12. The summed E-state index contributed by atoms with van der Waals surface area (Å²) in [6.45, 7) is 1.50. The molecule has 0 unspecified atom stereocenters. The summed E-state index contributed by atoms with van der Waals surface area (Å²) in [5, 5.41) is 4.90. The first kappa shape index (κ1) is 17.6. The van der Waals surface area contributed by atoms with Crippen LogP contribution in [0.2, 0.25) is 10.0 Å². The Labute approximate surface area is 145 Å². The molecule has 0 amide bonds. The third-order valence-electron chi connectivity index (χ3n) is 3.05. The number of halogens is 2. The second kappa shape index (κ2) is 9.43. The van der Waals surface area contributed by atoms with E-state index in [1.165, 1.54) is 0 Å². The molecule has 0 atom stereocenters. The lowest BCUT2D eigenvalue weighted by Gasteiger charge is -2.09. The van der Waals surface area contributed by atoms with Gasteiger partial charge in [-0.1, -0.05) is 29.3 Å². The van der Waals surface area contributed by atoms with Crippen molar-refractivity contribution in [2.75, 3.05) is 13.2 Å². The lowest BCUT2D eigenvalue weighted by atomic mass is 10.3. The van der Waals surface area contributed by atoms with Crippen LogP contribution in [0.1, 0.15) is 19.3 Å². The highest BCUT2D eigenvalue weighted by Crippen LogP contribution is 2.31. The molecule has 0 fully saturated rings. The van der Waals surface area contributed by atoms with Crippen molar-refractivity contribution in [3.63, 3.8) is 0 Å². The molecule has 1 aromatic heterocycles. The van der Waals surface area contributed by atoms with Gasteiger partial charge in [-0.15, -0.1) is 0 Å². The first-order chi connectivity index (χ1) is 11.2. The summed E-state index contributed by atoms with van der Waals surface area (Å²) in [4.78, 5) is 11.6. The Bertz CT molecular complexity index is 618. The normalized spacial score (nSPS) is 10.5. The number of benzene rings is 1. The molecule has 5 nitrogen and oxygen atoms in total. The monoisotopic (exact) mass is 356 g/mol. The number of carbonyl (C=O) groups excluding carboxylic acids is 1. The zero-order valence-electron chi connectivity index (χ0n) is 12.6. The number of rotatable bonds is 9. The van der Waals surface area contributed by atoms with Crippen LogP contribution in [0.3, 0.4) is 0 Å². The largest absolute Gasteiger partial charge is 0.492 e. The zero-order valence-corrected chi connectivity index (χ0v) is 14.1. The number of carbonyl (C=O) groups is 1. The van der Waals surface area contributed by atoms with Crippen LogP contribution in [0.15, 0.2) is 36.7 Å². The standard InChI is InChI=1S/C16H18Cl2N2O3/c17-13-5-1-6-14(16(13)18)22-11-2-7-15(21)23-12-4-10-20-9-3-8-19-20/h1,3,5-6,8-9H,2,4,7,10-12H2. The molecule has 23 heavy (non-hydrogen) atoms. The smallest absolute Gasteiger partial charge is 0.305 e. The Morgan fingerprint density at radius 1 is 1.17 bits per heavy atom. The van der Waals surface area contributed by atoms with Crippen molar-refractivity contribution < 1.29 is 14.3 Å². The predicted molar refractivity (Wildman–Crippen MR) is 89.0 cm³/mol. The lowest BCUT2D eigenvalue weighted by Crippen LogP contribution is -2.10. The Hall–Kier alpha value is -1.72. The van der Waals surface area contributed by atoms with E-state index in [1.54, 1.807) is 29.1 Å². The molecular weight excluding hydrogens is 339 g/mol. The minimum absolute atomic E-state index is 0.230. The van der Waals surface area contributed by atoms with E-state index in [4.69, 9.17) is 32.7 Å². The maximum Gasteiger partial charge on any atom is 0.305 e. The summed E-state index contributed by atoms with van der Waals surface area (Å²) in [7, 11) is 0. The van der Waals surface area contributed by atoms with Crippen molar-refractivity contribution in [2.45, 2.75) is 25.8 Å². The summed E-state index contributed by atoms with van der Waals surface area (Å²) >= 11 is 11.9. The van der Waals surface area contributed by atoms with Crippen LogP contribution in [0.4, 0.5) is 0 Å². The molecule has 0 saturated carbocycles. The molecular formula is C16H18Cl2N2O3. The van der Waals surface area contributed by atoms with Crippen LogP contribution in [-0.4, -0.2) is 29.0 Å². The fourth-order valence-electron chi connectivity index (χ4n) is 1.91. The maximum atomic E-state index is 11.6. The Balaban J connectivity index is 1.55. The third-order valence-corrected chi connectivity index (χ3v) is 3.85. The summed E-state index contributed by atoms with van der Waals surface area (Å²) in [5.74, 6) is 0.290. The number of aromatic nitrogens is 2. The van der Waals surface area contributed by atoms with Crippen molar-refractivity contribution >= 4 is 29.2 Å². The summed E-state index contributed by atoms with van der Waals surface area (Å²) in [5.41, 5.74) is 0. The molecule has 0 radical (unpaired) electrons. The molecule has 0 bridgehead atoms. The average Bonchev–Trinajstić information content (AvgIpc) is 3.05. The van der Waals surface area contributed by atoms with Crippen LogP contribution in [0, 0.1) is 0 Å². The predicted octanol–water partition coefficient (Wildman–Crippen LogP) is 3.98. The molecule has 2 rings (SSSR count). The zero-order chi connectivity index (χ0) is 16.5. The molecule has 2 aromatic rings.